The second-order valence-electron chi connectivity index (χ2n) is 3.16. The summed E-state index contributed by atoms with van der Waals surface area (Å²) in [5.74, 6) is -0.147. The summed E-state index contributed by atoms with van der Waals surface area (Å²) in [7, 11) is 1.59. The number of nitrogens with one attached hydrogen (secondary N) is 1. The van der Waals surface area contributed by atoms with Crippen LogP contribution in [0.4, 0.5) is 0 Å². The van der Waals surface area contributed by atoms with Crippen molar-refractivity contribution in [3.05, 3.63) is 23.8 Å². The Kier molecular flexibility index (Phi) is 2.72. The molecule has 0 radical (unpaired) electrons. The third-order valence-electron chi connectivity index (χ3n) is 2.16. The third-order valence-corrected chi connectivity index (χ3v) is 2.16. The first-order valence-corrected chi connectivity index (χ1v) is 4.97. The van der Waals surface area contributed by atoms with Gasteiger partial charge in [-0.25, -0.2) is 0 Å². The fraction of sp³-hybridized carbons (Fsp3) is 0.300. The van der Waals surface area contributed by atoms with Crippen molar-refractivity contribution in [2.24, 2.45) is 0 Å². The Balaban J connectivity index is 2.49. The van der Waals surface area contributed by atoms with Gasteiger partial charge in [0.25, 0.3) is 5.91 Å². The molecule has 1 N–H and O–H groups in total. The first-order valence-electron chi connectivity index (χ1n) is 4.97. The summed E-state index contributed by atoms with van der Waals surface area (Å²) < 4.78 is 0. The molecule has 0 atom stereocenters. The van der Waals surface area contributed by atoms with Crippen molar-refractivity contribution in [2.45, 2.75) is 6.92 Å². The molecule has 0 fully saturated rings. The lowest BCUT2D eigenvalue weighted by atomic mass is 10.2. The van der Waals surface area contributed by atoms with E-state index in [4.69, 9.17) is 4.84 Å². The molecule has 6 heteroatoms. The van der Waals surface area contributed by atoms with Crippen molar-refractivity contribution in [1.29, 1.82) is 0 Å². The largest absolute Gasteiger partial charge is 0.395 e. The fourth-order valence-corrected chi connectivity index (χ4v) is 1.40. The van der Waals surface area contributed by atoms with E-state index in [0.29, 0.717) is 23.2 Å². The van der Waals surface area contributed by atoms with Crippen molar-refractivity contribution in [2.75, 3.05) is 13.7 Å². The summed E-state index contributed by atoms with van der Waals surface area (Å²) in [5.41, 5.74) is 1.93. The molecule has 0 unspecified atom stereocenters. The average molecular weight is 220 g/mol. The first kappa shape index (κ1) is 10.4. The van der Waals surface area contributed by atoms with Gasteiger partial charge in [0, 0.05) is 12.6 Å². The van der Waals surface area contributed by atoms with Crippen LogP contribution in [0.15, 0.2) is 18.2 Å². The van der Waals surface area contributed by atoms with E-state index in [1.54, 1.807) is 25.2 Å². The highest BCUT2D eigenvalue weighted by atomic mass is 16.7. The van der Waals surface area contributed by atoms with E-state index in [0.717, 1.165) is 0 Å². The molecule has 1 amide bonds. The van der Waals surface area contributed by atoms with Gasteiger partial charge in [-0.1, -0.05) is 4.85 Å². The van der Waals surface area contributed by atoms with Crippen molar-refractivity contribution in [3.63, 3.8) is 0 Å². The molecule has 2 rings (SSSR count). The van der Waals surface area contributed by atoms with E-state index in [2.05, 4.69) is 15.6 Å². The van der Waals surface area contributed by atoms with Gasteiger partial charge in [-0.2, -0.15) is 0 Å². The van der Waals surface area contributed by atoms with Crippen LogP contribution < -0.4 is 10.2 Å². The van der Waals surface area contributed by atoms with Crippen LogP contribution in [-0.2, 0) is 0 Å². The van der Waals surface area contributed by atoms with Gasteiger partial charge in [-0.05, 0) is 30.3 Å². The van der Waals surface area contributed by atoms with Gasteiger partial charge in [-0.15, -0.1) is 5.10 Å². The summed E-state index contributed by atoms with van der Waals surface area (Å²) in [6, 6.07) is 5.14. The number of hydrogen-bond acceptors (Lipinski definition) is 4. The Morgan fingerprint density at radius 3 is 3.06 bits per heavy atom. The van der Waals surface area contributed by atoms with Gasteiger partial charge < -0.3 is 10.2 Å². The third kappa shape index (κ3) is 1.69. The molecular formula is C10H12N4O2. The standard InChI is InChI=1S/C10H12N4O2/c1-3-16-14-9-6-7(10(15)11-2)4-5-8(9)12-13-14/h4-6H,3H2,1-2H3,(H,11,15). The Morgan fingerprint density at radius 1 is 1.56 bits per heavy atom. The molecule has 1 heterocycles. The molecule has 0 saturated heterocycles. The number of nitrogens with zero attached hydrogens (tertiary/aromatic N) is 3. The summed E-state index contributed by atoms with van der Waals surface area (Å²) >= 11 is 0. The zero-order valence-electron chi connectivity index (χ0n) is 9.10. The quantitative estimate of drug-likeness (QED) is 0.804. The summed E-state index contributed by atoms with van der Waals surface area (Å²) in [5, 5.41) is 10.3. The molecule has 0 aliphatic rings. The van der Waals surface area contributed by atoms with Crippen LogP contribution >= 0.6 is 0 Å². The molecular weight excluding hydrogens is 208 g/mol. The number of benzene rings is 1. The van der Waals surface area contributed by atoms with Crippen molar-refractivity contribution in [1.82, 2.24) is 20.5 Å². The van der Waals surface area contributed by atoms with Gasteiger partial charge in [0.1, 0.15) is 17.6 Å². The van der Waals surface area contributed by atoms with Gasteiger partial charge in [-0.3, -0.25) is 4.79 Å². The Labute approximate surface area is 92.1 Å². The predicted octanol–water partition coefficient (Wildman–Crippen LogP) is 0.239. The second kappa shape index (κ2) is 4.18. The van der Waals surface area contributed by atoms with Gasteiger partial charge in [0.2, 0.25) is 0 Å². The molecule has 84 valence electrons. The van der Waals surface area contributed by atoms with E-state index in [1.165, 1.54) is 4.85 Å². The fourth-order valence-electron chi connectivity index (χ4n) is 1.40. The zero-order valence-corrected chi connectivity index (χ0v) is 9.10. The number of carbonyl (C=O) groups excluding carboxylic acids is 1. The van der Waals surface area contributed by atoms with Crippen LogP contribution in [0.5, 0.6) is 0 Å². The van der Waals surface area contributed by atoms with Crippen LogP contribution in [0.1, 0.15) is 17.3 Å². The van der Waals surface area contributed by atoms with Crippen LogP contribution in [-0.4, -0.2) is 34.7 Å². The van der Waals surface area contributed by atoms with Crippen LogP contribution in [0.3, 0.4) is 0 Å². The molecule has 1 aromatic carbocycles. The zero-order chi connectivity index (χ0) is 11.5. The second-order valence-corrected chi connectivity index (χ2v) is 3.16. The SMILES string of the molecule is CCOn1nnc2ccc(C(=O)NC)cc21. The monoisotopic (exact) mass is 220 g/mol. The minimum absolute atomic E-state index is 0.147. The van der Waals surface area contributed by atoms with Crippen LogP contribution in [0.25, 0.3) is 11.0 Å². The first-order chi connectivity index (χ1) is 7.76. The molecule has 2 aromatic rings. The number of hydrogen-bond donors (Lipinski definition) is 1. The minimum Gasteiger partial charge on any atom is -0.395 e. The van der Waals surface area contributed by atoms with Crippen LogP contribution in [0.2, 0.25) is 0 Å². The molecule has 1 aromatic heterocycles. The number of amides is 1. The lowest BCUT2D eigenvalue weighted by Gasteiger charge is -2.02. The van der Waals surface area contributed by atoms with Crippen molar-refractivity contribution < 1.29 is 9.63 Å². The maximum atomic E-state index is 11.4. The molecule has 0 aliphatic carbocycles. The average Bonchev–Trinajstić information content (AvgIpc) is 2.71. The van der Waals surface area contributed by atoms with E-state index in [1.807, 2.05) is 6.92 Å². The molecule has 0 aliphatic heterocycles. The normalized spacial score (nSPS) is 10.4. The number of aromatic nitrogens is 3. The van der Waals surface area contributed by atoms with Crippen molar-refractivity contribution >= 4 is 16.9 Å². The number of carbonyl (C=O) groups is 1. The summed E-state index contributed by atoms with van der Waals surface area (Å²) in [6.07, 6.45) is 0. The van der Waals surface area contributed by atoms with Gasteiger partial charge in [0.05, 0.1) is 0 Å². The highest BCUT2D eigenvalue weighted by Crippen LogP contribution is 2.12. The molecule has 6 nitrogen and oxygen atoms in total. The predicted molar refractivity (Wildman–Crippen MR) is 58.0 cm³/mol. The van der Waals surface area contributed by atoms with E-state index in [9.17, 15) is 4.79 Å². The smallest absolute Gasteiger partial charge is 0.251 e. The van der Waals surface area contributed by atoms with Gasteiger partial charge in [0.15, 0.2) is 0 Å². The molecule has 0 saturated carbocycles. The summed E-state index contributed by atoms with van der Waals surface area (Å²) in [6.45, 7) is 2.35. The lowest BCUT2D eigenvalue weighted by molar-refractivity contribution is 0.0959. The topological polar surface area (TPSA) is 69.0 Å². The van der Waals surface area contributed by atoms with E-state index >= 15 is 0 Å². The van der Waals surface area contributed by atoms with Crippen LogP contribution in [0, 0.1) is 0 Å². The highest BCUT2D eigenvalue weighted by Gasteiger charge is 2.09. The molecule has 0 spiro atoms. The number of fused-ring (bicyclic) bond motifs is 1. The van der Waals surface area contributed by atoms with E-state index in [-0.39, 0.29) is 5.91 Å². The highest BCUT2D eigenvalue weighted by molar-refractivity contribution is 5.97. The lowest BCUT2D eigenvalue weighted by Crippen LogP contribution is -2.18. The molecule has 16 heavy (non-hydrogen) atoms. The Morgan fingerprint density at radius 2 is 2.38 bits per heavy atom. The number of rotatable bonds is 3. The maximum Gasteiger partial charge on any atom is 0.251 e. The van der Waals surface area contributed by atoms with Crippen molar-refractivity contribution in [3.8, 4) is 0 Å². The summed E-state index contributed by atoms with van der Waals surface area (Å²) in [4.78, 5) is 18.0. The maximum absolute atomic E-state index is 11.4. The van der Waals surface area contributed by atoms with Gasteiger partial charge >= 0.3 is 0 Å². The Bertz CT molecular complexity index is 521. The molecule has 0 bridgehead atoms. The Hall–Kier alpha value is -2.11. The van der Waals surface area contributed by atoms with E-state index < -0.39 is 0 Å². The minimum atomic E-state index is -0.147.